The van der Waals surface area contributed by atoms with E-state index in [1.165, 1.54) is 0 Å². The number of nitrogens with one attached hydrogen (secondary N) is 1. The van der Waals surface area contributed by atoms with Gasteiger partial charge in [0.25, 0.3) is 0 Å². The number of rotatable bonds is 7. The van der Waals surface area contributed by atoms with Crippen molar-refractivity contribution in [3.63, 3.8) is 0 Å². The fourth-order valence-electron chi connectivity index (χ4n) is 1.69. The van der Waals surface area contributed by atoms with Crippen LogP contribution in [0.1, 0.15) is 44.7 Å². The Kier molecular flexibility index (Phi) is 6.08. The minimum Gasteiger partial charge on any atom is -0.373 e. The van der Waals surface area contributed by atoms with Crippen molar-refractivity contribution in [2.45, 2.75) is 39.8 Å². The molecule has 17 heavy (non-hydrogen) atoms. The highest BCUT2D eigenvalue weighted by molar-refractivity contribution is 5.06. The first kappa shape index (κ1) is 14.1. The predicted octanol–water partition coefficient (Wildman–Crippen LogP) is 2.32. The molecule has 0 amide bonds. The van der Waals surface area contributed by atoms with Crippen LogP contribution < -0.4 is 5.32 Å². The molecule has 0 radical (unpaired) electrons. The second-order valence-electron chi connectivity index (χ2n) is 4.53. The zero-order chi connectivity index (χ0) is 12.7. The second kappa shape index (κ2) is 7.35. The molecule has 1 atom stereocenters. The summed E-state index contributed by atoms with van der Waals surface area (Å²) in [4.78, 5) is 8.75. The highest BCUT2D eigenvalue weighted by Gasteiger charge is 2.17. The first-order valence-corrected chi connectivity index (χ1v) is 6.23. The monoisotopic (exact) mass is 237 g/mol. The Hall–Kier alpha value is -1.00. The molecule has 1 N–H and O–H groups in total. The normalized spacial score (nSPS) is 13.0. The summed E-state index contributed by atoms with van der Waals surface area (Å²) in [6.07, 6.45) is 4.87. The smallest absolute Gasteiger partial charge is 0.157 e. The molecule has 0 bridgehead atoms. The number of methoxy groups -OCH3 is 1. The van der Waals surface area contributed by atoms with Gasteiger partial charge in [-0.2, -0.15) is 0 Å². The summed E-state index contributed by atoms with van der Waals surface area (Å²) in [5, 5.41) is 3.33. The highest BCUT2D eigenvalue weighted by Crippen LogP contribution is 2.21. The van der Waals surface area contributed by atoms with E-state index in [1.807, 2.05) is 12.4 Å². The summed E-state index contributed by atoms with van der Waals surface area (Å²) in [6.45, 7) is 8.21. The van der Waals surface area contributed by atoms with Crippen molar-refractivity contribution in [3.05, 3.63) is 23.8 Å². The lowest BCUT2D eigenvalue weighted by Gasteiger charge is -2.17. The Morgan fingerprint density at radius 3 is 2.41 bits per heavy atom. The zero-order valence-corrected chi connectivity index (χ0v) is 11.2. The third-order valence-corrected chi connectivity index (χ3v) is 2.60. The summed E-state index contributed by atoms with van der Waals surface area (Å²) in [6, 6.07) is 0. The Balaban J connectivity index is 2.60. The van der Waals surface area contributed by atoms with Gasteiger partial charge in [0.15, 0.2) is 5.82 Å². The summed E-state index contributed by atoms with van der Waals surface area (Å²) in [5.41, 5.74) is 1.11. The van der Waals surface area contributed by atoms with Gasteiger partial charge in [-0.05, 0) is 18.9 Å². The topological polar surface area (TPSA) is 47.0 Å². The van der Waals surface area contributed by atoms with Crippen molar-refractivity contribution >= 4 is 0 Å². The molecular formula is C13H23N3O. The van der Waals surface area contributed by atoms with Gasteiger partial charge in [0.2, 0.25) is 0 Å². The van der Waals surface area contributed by atoms with Crippen LogP contribution in [0.5, 0.6) is 0 Å². The van der Waals surface area contributed by atoms with Gasteiger partial charge in [0.05, 0.1) is 0 Å². The molecule has 0 fully saturated rings. The number of hydrogen-bond donors (Lipinski definition) is 1. The van der Waals surface area contributed by atoms with E-state index in [9.17, 15) is 0 Å². The largest absolute Gasteiger partial charge is 0.373 e. The molecule has 1 heterocycles. The minimum absolute atomic E-state index is 0.0207. The average Bonchev–Trinajstić information content (AvgIpc) is 2.32. The third-order valence-electron chi connectivity index (χ3n) is 2.60. The van der Waals surface area contributed by atoms with Crippen LogP contribution in [0.2, 0.25) is 0 Å². The van der Waals surface area contributed by atoms with Gasteiger partial charge in [0, 0.05) is 31.6 Å². The Morgan fingerprint density at radius 1 is 1.29 bits per heavy atom. The first-order valence-electron chi connectivity index (χ1n) is 6.23. The maximum atomic E-state index is 5.40. The number of hydrogen-bond acceptors (Lipinski definition) is 4. The van der Waals surface area contributed by atoms with E-state index in [-0.39, 0.29) is 6.10 Å². The predicted molar refractivity (Wildman–Crippen MR) is 68.6 cm³/mol. The van der Waals surface area contributed by atoms with Crippen LogP contribution in [0.15, 0.2) is 12.4 Å². The maximum absolute atomic E-state index is 5.40. The van der Waals surface area contributed by atoms with Crippen molar-refractivity contribution in [1.82, 2.24) is 15.3 Å². The summed E-state index contributed by atoms with van der Waals surface area (Å²) < 4.78 is 5.40. The second-order valence-corrected chi connectivity index (χ2v) is 4.53. The first-order chi connectivity index (χ1) is 8.19. The SMILES string of the molecule is CCCNCc1cnc(C(OC)C(C)C)nc1. The van der Waals surface area contributed by atoms with Gasteiger partial charge in [-0.3, -0.25) is 0 Å². The van der Waals surface area contributed by atoms with E-state index in [0.717, 1.165) is 30.9 Å². The van der Waals surface area contributed by atoms with Crippen LogP contribution >= 0.6 is 0 Å². The quantitative estimate of drug-likeness (QED) is 0.739. The molecule has 0 saturated heterocycles. The van der Waals surface area contributed by atoms with Crippen molar-refractivity contribution in [2.75, 3.05) is 13.7 Å². The molecule has 96 valence electrons. The van der Waals surface area contributed by atoms with E-state index in [0.29, 0.717) is 5.92 Å². The Labute approximate surface area is 104 Å². The standard InChI is InChI=1S/C13H23N3O/c1-5-6-14-7-11-8-15-13(16-9-11)12(17-4)10(2)3/h8-10,12,14H,5-7H2,1-4H3. The summed E-state index contributed by atoms with van der Waals surface area (Å²) >= 11 is 0. The van der Waals surface area contributed by atoms with Crippen molar-refractivity contribution < 1.29 is 4.74 Å². The third kappa shape index (κ3) is 4.40. The number of nitrogens with zero attached hydrogens (tertiary/aromatic N) is 2. The lowest BCUT2D eigenvalue weighted by molar-refractivity contribution is 0.0574. The van der Waals surface area contributed by atoms with E-state index >= 15 is 0 Å². The number of ether oxygens (including phenoxy) is 1. The molecule has 4 nitrogen and oxygen atoms in total. The fourth-order valence-corrected chi connectivity index (χ4v) is 1.69. The molecule has 1 rings (SSSR count). The lowest BCUT2D eigenvalue weighted by atomic mass is 10.1. The summed E-state index contributed by atoms with van der Waals surface area (Å²) in [5.74, 6) is 1.14. The van der Waals surface area contributed by atoms with Crippen LogP contribution in [-0.2, 0) is 11.3 Å². The minimum atomic E-state index is -0.0207. The van der Waals surface area contributed by atoms with Gasteiger partial charge in [-0.1, -0.05) is 20.8 Å². The lowest BCUT2D eigenvalue weighted by Crippen LogP contribution is -2.16. The average molecular weight is 237 g/mol. The van der Waals surface area contributed by atoms with Crippen LogP contribution in [0, 0.1) is 5.92 Å². The van der Waals surface area contributed by atoms with Gasteiger partial charge in [0.1, 0.15) is 6.10 Å². The van der Waals surface area contributed by atoms with Crippen LogP contribution in [0.25, 0.3) is 0 Å². The van der Waals surface area contributed by atoms with E-state index < -0.39 is 0 Å². The molecule has 0 saturated carbocycles. The van der Waals surface area contributed by atoms with Gasteiger partial charge in [-0.15, -0.1) is 0 Å². The molecule has 1 aromatic heterocycles. The molecule has 0 aromatic carbocycles. The van der Waals surface area contributed by atoms with Crippen molar-refractivity contribution in [3.8, 4) is 0 Å². The van der Waals surface area contributed by atoms with Crippen LogP contribution in [0.4, 0.5) is 0 Å². The molecule has 4 heteroatoms. The molecule has 0 aliphatic rings. The van der Waals surface area contributed by atoms with Gasteiger partial charge in [-0.25, -0.2) is 9.97 Å². The molecule has 1 unspecified atom stereocenters. The van der Waals surface area contributed by atoms with Crippen LogP contribution in [-0.4, -0.2) is 23.6 Å². The molecule has 0 spiro atoms. The highest BCUT2D eigenvalue weighted by atomic mass is 16.5. The van der Waals surface area contributed by atoms with Gasteiger partial charge < -0.3 is 10.1 Å². The maximum Gasteiger partial charge on any atom is 0.157 e. The molecule has 0 aliphatic heterocycles. The van der Waals surface area contributed by atoms with Crippen molar-refractivity contribution in [1.29, 1.82) is 0 Å². The number of aromatic nitrogens is 2. The Bertz CT molecular complexity index is 311. The summed E-state index contributed by atoms with van der Waals surface area (Å²) in [7, 11) is 1.70. The molecule has 1 aromatic rings. The van der Waals surface area contributed by atoms with E-state index in [4.69, 9.17) is 4.74 Å². The van der Waals surface area contributed by atoms with Crippen molar-refractivity contribution in [2.24, 2.45) is 5.92 Å². The van der Waals surface area contributed by atoms with E-state index in [2.05, 4.69) is 36.1 Å². The molecule has 0 aliphatic carbocycles. The molecular weight excluding hydrogens is 214 g/mol. The van der Waals surface area contributed by atoms with Gasteiger partial charge >= 0.3 is 0 Å². The Morgan fingerprint density at radius 2 is 1.94 bits per heavy atom. The fraction of sp³-hybridized carbons (Fsp3) is 0.692. The van der Waals surface area contributed by atoms with Crippen LogP contribution in [0.3, 0.4) is 0 Å². The zero-order valence-electron chi connectivity index (χ0n) is 11.2. The van der Waals surface area contributed by atoms with E-state index in [1.54, 1.807) is 7.11 Å².